The predicted molar refractivity (Wildman–Crippen MR) is 104 cm³/mol. The molecule has 4 rings (SSSR count). The summed E-state index contributed by atoms with van der Waals surface area (Å²) >= 11 is 0. The molecule has 6 nitrogen and oxygen atoms in total. The Morgan fingerprint density at radius 2 is 1.90 bits per heavy atom. The quantitative estimate of drug-likeness (QED) is 0.642. The molecule has 0 bridgehead atoms. The number of likely N-dealkylation sites (tertiary alicyclic amines) is 1. The fourth-order valence-corrected chi connectivity index (χ4v) is 3.94. The highest BCUT2D eigenvalue weighted by molar-refractivity contribution is 5.96. The molecule has 30 heavy (non-hydrogen) atoms. The van der Waals surface area contributed by atoms with Gasteiger partial charge in [-0.15, -0.1) is 0 Å². The van der Waals surface area contributed by atoms with Crippen LogP contribution in [-0.4, -0.2) is 45.5 Å². The highest BCUT2D eigenvalue weighted by Gasteiger charge is 2.38. The van der Waals surface area contributed by atoms with E-state index in [2.05, 4.69) is 9.97 Å². The molecule has 1 aromatic carbocycles. The van der Waals surface area contributed by atoms with Crippen molar-refractivity contribution in [3.8, 4) is 5.88 Å². The van der Waals surface area contributed by atoms with E-state index in [0.717, 1.165) is 0 Å². The van der Waals surface area contributed by atoms with E-state index in [9.17, 15) is 18.0 Å². The molecule has 3 aromatic rings. The molecule has 0 unspecified atom stereocenters. The highest BCUT2D eigenvalue weighted by Crippen LogP contribution is 2.33. The molecule has 0 saturated carbocycles. The molecule has 0 aliphatic carbocycles. The Morgan fingerprint density at radius 3 is 2.60 bits per heavy atom. The van der Waals surface area contributed by atoms with Crippen LogP contribution in [0.25, 0.3) is 11.0 Å². The van der Waals surface area contributed by atoms with Gasteiger partial charge in [0.1, 0.15) is 5.56 Å². The van der Waals surface area contributed by atoms with Gasteiger partial charge in [-0.2, -0.15) is 13.2 Å². The number of alkyl halides is 3. The van der Waals surface area contributed by atoms with Crippen LogP contribution in [0.3, 0.4) is 0 Å². The highest BCUT2D eigenvalue weighted by atomic mass is 19.4. The third-order valence-corrected chi connectivity index (χ3v) is 5.45. The number of ether oxygens (including phenoxy) is 1. The van der Waals surface area contributed by atoms with Gasteiger partial charge < -0.3 is 14.2 Å². The smallest absolute Gasteiger partial charge is 0.449 e. The monoisotopic (exact) mass is 418 g/mol. The molecular weight excluding hydrogens is 397 g/mol. The van der Waals surface area contributed by atoms with E-state index in [0.29, 0.717) is 42.5 Å². The molecule has 1 fully saturated rings. The predicted octanol–water partition coefficient (Wildman–Crippen LogP) is 4.01. The van der Waals surface area contributed by atoms with Crippen molar-refractivity contribution in [2.24, 2.45) is 5.92 Å². The number of hydrogen-bond acceptors (Lipinski definition) is 4. The number of benzene rings is 1. The van der Waals surface area contributed by atoms with Crippen LogP contribution in [0.15, 0.2) is 42.6 Å². The summed E-state index contributed by atoms with van der Waals surface area (Å²) in [6.45, 7) is 1.15. The Kier molecular flexibility index (Phi) is 5.36. The second-order valence-electron chi connectivity index (χ2n) is 7.33. The molecular formula is C21H21F3N4O2. The molecule has 1 aliphatic rings. The van der Waals surface area contributed by atoms with Gasteiger partial charge in [0, 0.05) is 25.8 Å². The van der Waals surface area contributed by atoms with Gasteiger partial charge in [-0.05, 0) is 43.0 Å². The molecule has 2 aromatic heterocycles. The topological polar surface area (TPSA) is 60.2 Å². The van der Waals surface area contributed by atoms with Crippen LogP contribution in [0.1, 0.15) is 29.0 Å². The van der Waals surface area contributed by atoms with Crippen molar-refractivity contribution < 1.29 is 22.7 Å². The number of methoxy groups -OCH3 is 1. The number of carbonyl (C=O) groups excluding carboxylic acids is 1. The van der Waals surface area contributed by atoms with Gasteiger partial charge in [-0.25, -0.2) is 9.97 Å². The molecule has 0 spiro atoms. The minimum absolute atomic E-state index is 0.0172. The second-order valence-corrected chi connectivity index (χ2v) is 7.33. The maximum absolute atomic E-state index is 13.5. The lowest BCUT2D eigenvalue weighted by molar-refractivity contribution is -0.147. The Hall–Kier alpha value is -3.10. The van der Waals surface area contributed by atoms with E-state index in [1.165, 1.54) is 11.7 Å². The lowest BCUT2D eigenvalue weighted by Crippen LogP contribution is -2.39. The fraction of sp³-hybridized carbons (Fsp3) is 0.381. The first-order chi connectivity index (χ1) is 14.4. The molecule has 0 N–H and O–H groups in total. The maximum Gasteiger partial charge on any atom is 0.449 e. The number of fused-ring (bicyclic) bond motifs is 1. The van der Waals surface area contributed by atoms with Crippen molar-refractivity contribution in [2.75, 3.05) is 20.2 Å². The number of rotatable bonds is 4. The number of hydrogen-bond donors (Lipinski definition) is 0. The van der Waals surface area contributed by atoms with Gasteiger partial charge in [0.15, 0.2) is 0 Å². The normalized spacial score (nSPS) is 15.5. The van der Waals surface area contributed by atoms with Crippen LogP contribution in [0.5, 0.6) is 5.88 Å². The molecule has 1 aliphatic heterocycles. The zero-order valence-electron chi connectivity index (χ0n) is 16.4. The zero-order valence-corrected chi connectivity index (χ0v) is 16.4. The van der Waals surface area contributed by atoms with E-state index in [1.54, 1.807) is 47.5 Å². The molecule has 1 saturated heterocycles. The van der Waals surface area contributed by atoms with Crippen LogP contribution < -0.4 is 4.74 Å². The Balaban J connectivity index is 1.49. The second kappa shape index (κ2) is 7.97. The molecule has 0 radical (unpaired) electrons. The largest absolute Gasteiger partial charge is 0.480 e. The maximum atomic E-state index is 13.5. The summed E-state index contributed by atoms with van der Waals surface area (Å²) in [4.78, 5) is 22.4. The van der Waals surface area contributed by atoms with Crippen LogP contribution in [0.4, 0.5) is 13.2 Å². The number of aromatic nitrogens is 3. The molecule has 9 heteroatoms. The van der Waals surface area contributed by atoms with Gasteiger partial charge in [0.2, 0.25) is 11.7 Å². The summed E-state index contributed by atoms with van der Waals surface area (Å²) in [5.41, 5.74) is 1.20. The van der Waals surface area contributed by atoms with Crippen molar-refractivity contribution in [1.82, 2.24) is 19.4 Å². The third-order valence-electron chi connectivity index (χ3n) is 5.45. The summed E-state index contributed by atoms with van der Waals surface area (Å²) in [5, 5.41) is 0. The fourth-order valence-electron chi connectivity index (χ4n) is 3.94. The lowest BCUT2D eigenvalue weighted by atomic mass is 9.96. The molecule has 3 heterocycles. The van der Waals surface area contributed by atoms with Gasteiger partial charge in [-0.3, -0.25) is 4.79 Å². The van der Waals surface area contributed by atoms with E-state index in [4.69, 9.17) is 4.74 Å². The summed E-state index contributed by atoms with van der Waals surface area (Å²) in [6.07, 6.45) is -1.75. The average Bonchev–Trinajstić information content (AvgIpc) is 3.13. The van der Waals surface area contributed by atoms with Crippen LogP contribution in [0, 0.1) is 5.92 Å². The van der Waals surface area contributed by atoms with Crippen LogP contribution in [-0.2, 0) is 12.7 Å². The van der Waals surface area contributed by atoms with E-state index in [-0.39, 0.29) is 24.2 Å². The number of nitrogens with zero attached hydrogens (tertiary/aromatic N) is 4. The van der Waals surface area contributed by atoms with E-state index >= 15 is 0 Å². The molecule has 1 amide bonds. The lowest BCUT2D eigenvalue weighted by Gasteiger charge is -2.32. The van der Waals surface area contributed by atoms with Crippen molar-refractivity contribution in [2.45, 2.75) is 25.6 Å². The minimum Gasteiger partial charge on any atom is -0.480 e. The van der Waals surface area contributed by atoms with E-state index < -0.39 is 12.0 Å². The van der Waals surface area contributed by atoms with Crippen LogP contribution in [0.2, 0.25) is 0 Å². The summed E-state index contributed by atoms with van der Waals surface area (Å²) in [6, 6.07) is 9.97. The summed E-state index contributed by atoms with van der Waals surface area (Å²) in [5.74, 6) is -0.766. The number of pyridine rings is 1. The number of para-hydroxylation sites is 2. The number of amides is 1. The van der Waals surface area contributed by atoms with Crippen molar-refractivity contribution >= 4 is 16.9 Å². The molecule has 158 valence electrons. The zero-order chi connectivity index (χ0) is 21.3. The van der Waals surface area contributed by atoms with Crippen molar-refractivity contribution in [3.05, 3.63) is 54.0 Å². The van der Waals surface area contributed by atoms with Crippen LogP contribution >= 0.6 is 0 Å². The van der Waals surface area contributed by atoms with Crippen molar-refractivity contribution in [3.63, 3.8) is 0 Å². The van der Waals surface area contributed by atoms with Gasteiger partial charge in [0.25, 0.3) is 5.91 Å². The standard InChI is InChI=1S/C21H21F3N4O2/c1-30-18-15(5-4-10-25-18)19(29)27-11-8-14(9-12-27)13-28-17-7-3-2-6-16(17)26-20(28)21(22,23)24/h2-7,10,14H,8-9,11-13H2,1H3. The first-order valence-electron chi connectivity index (χ1n) is 9.69. The summed E-state index contributed by atoms with van der Waals surface area (Å²) < 4.78 is 47.0. The number of piperidine rings is 1. The van der Waals surface area contributed by atoms with E-state index in [1.807, 2.05) is 0 Å². The van der Waals surface area contributed by atoms with Gasteiger partial charge in [0.05, 0.1) is 18.1 Å². The van der Waals surface area contributed by atoms with Gasteiger partial charge >= 0.3 is 6.18 Å². The number of carbonyl (C=O) groups is 1. The SMILES string of the molecule is COc1ncccc1C(=O)N1CCC(Cn2c(C(F)(F)F)nc3ccccc32)CC1. The summed E-state index contributed by atoms with van der Waals surface area (Å²) in [7, 11) is 1.46. The first kappa shape index (κ1) is 20.2. The van der Waals surface area contributed by atoms with Crippen molar-refractivity contribution in [1.29, 1.82) is 0 Å². The number of halogens is 3. The van der Waals surface area contributed by atoms with Gasteiger partial charge in [-0.1, -0.05) is 12.1 Å². The average molecular weight is 418 g/mol. The molecule has 0 atom stereocenters. The minimum atomic E-state index is -4.52. The Labute approximate surface area is 171 Å². The first-order valence-corrected chi connectivity index (χ1v) is 9.69. The third kappa shape index (κ3) is 3.83. The Bertz CT molecular complexity index is 1060. The number of imidazole rings is 1. The Morgan fingerprint density at radius 1 is 1.17 bits per heavy atom.